The number of hydrogen-bond acceptors (Lipinski definition) is 2. The number of ether oxygens (including phenoxy) is 1. The molecule has 0 aliphatic carbocycles. The minimum atomic E-state index is 0.959. The predicted molar refractivity (Wildman–Crippen MR) is 60.8 cm³/mol. The molecule has 2 aromatic rings. The fourth-order valence-corrected chi connectivity index (χ4v) is 2.93. The number of aryl methyl sites for hydroxylation is 1. The molecule has 1 aromatic heterocycles. The van der Waals surface area contributed by atoms with Crippen LogP contribution in [0.15, 0.2) is 22.0 Å². The van der Waals surface area contributed by atoms with Crippen molar-refractivity contribution >= 4 is 37.4 Å². The molecule has 68 valence electrons. The number of hydrogen-bond donors (Lipinski definition) is 0. The highest BCUT2D eigenvalue weighted by Gasteiger charge is 2.08. The SMILES string of the molecule is COc1csc2c(Br)c(C)ccc12. The molecule has 0 radical (unpaired) electrons. The molecule has 0 N–H and O–H groups in total. The quantitative estimate of drug-likeness (QED) is 0.750. The highest BCUT2D eigenvalue weighted by atomic mass is 79.9. The average molecular weight is 257 g/mol. The molecule has 1 nitrogen and oxygen atoms in total. The first kappa shape index (κ1) is 9.03. The first-order chi connectivity index (χ1) is 6.24. The predicted octanol–water partition coefficient (Wildman–Crippen LogP) is 3.98. The van der Waals surface area contributed by atoms with Crippen LogP contribution in [0, 0.1) is 6.92 Å². The molecule has 0 amide bonds. The Morgan fingerprint density at radius 2 is 2.15 bits per heavy atom. The maximum Gasteiger partial charge on any atom is 0.137 e. The molecule has 3 heteroatoms. The Balaban J connectivity index is 2.81. The van der Waals surface area contributed by atoms with Crippen molar-refractivity contribution in [3.05, 3.63) is 27.5 Å². The van der Waals surface area contributed by atoms with Gasteiger partial charge in [-0.25, -0.2) is 0 Å². The summed E-state index contributed by atoms with van der Waals surface area (Å²) in [4.78, 5) is 0. The zero-order chi connectivity index (χ0) is 9.42. The summed E-state index contributed by atoms with van der Waals surface area (Å²) in [7, 11) is 1.70. The van der Waals surface area contributed by atoms with Gasteiger partial charge in [0.25, 0.3) is 0 Å². The summed E-state index contributed by atoms with van der Waals surface area (Å²) in [6.07, 6.45) is 0. The maximum atomic E-state index is 5.25. The minimum absolute atomic E-state index is 0.959. The van der Waals surface area contributed by atoms with Gasteiger partial charge in [0.1, 0.15) is 5.75 Å². The van der Waals surface area contributed by atoms with E-state index < -0.39 is 0 Å². The lowest BCUT2D eigenvalue weighted by Crippen LogP contribution is -1.80. The number of rotatable bonds is 1. The zero-order valence-corrected chi connectivity index (χ0v) is 9.83. The van der Waals surface area contributed by atoms with Gasteiger partial charge in [-0.1, -0.05) is 6.07 Å². The Labute approximate surface area is 89.5 Å². The van der Waals surface area contributed by atoms with Gasteiger partial charge >= 0.3 is 0 Å². The molecule has 0 bridgehead atoms. The lowest BCUT2D eigenvalue weighted by molar-refractivity contribution is 0.421. The van der Waals surface area contributed by atoms with Gasteiger partial charge in [-0.3, -0.25) is 0 Å². The summed E-state index contributed by atoms with van der Waals surface area (Å²) in [6.45, 7) is 2.09. The van der Waals surface area contributed by atoms with E-state index in [9.17, 15) is 0 Å². The molecule has 2 rings (SSSR count). The van der Waals surface area contributed by atoms with Crippen LogP contribution in [0.5, 0.6) is 5.75 Å². The maximum absolute atomic E-state index is 5.25. The third-order valence-electron chi connectivity index (χ3n) is 2.06. The van der Waals surface area contributed by atoms with E-state index >= 15 is 0 Å². The molecule has 0 saturated carbocycles. The second-order valence-corrected chi connectivity index (χ2v) is 4.55. The molecule has 0 aliphatic heterocycles. The summed E-state index contributed by atoms with van der Waals surface area (Å²) in [5, 5.41) is 3.22. The molecular weight excluding hydrogens is 248 g/mol. The largest absolute Gasteiger partial charge is 0.495 e. The van der Waals surface area contributed by atoms with Crippen molar-refractivity contribution in [2.24, 2.45) is 0 Å². The summed E-state index contributed by atoms with van der Waals surface area (Å²) < 4.78 is 7.69. The zero-order valence-electron chi connectivity index (χ0n) is 7.43. The van der Waals surface area contributed by atoms with Crippen molar-refractivity contribution in [2.75, 3.05) is 7.11 Å². The average Bonchev–Trinajstić information content (AvgIpc) is 2.55. The molecule has 0 unspecified atom stereocenters. The van der Waals surface area contributed by atoms with Gasteiger partial charge in [-0.15, -0.1) is 11.3 Å². The second-order valence-electron chi connectivity index (χ2n) is 2.88. The van der Waals surface area contributed by atoms with Crippen LogP contribution >= 0.6 is 27.3 Å². The molecular formula is C10H9BrOS. The van der Waals surface area contributed by atoms with Gasteiger partial charge in [0.2, 0.25) is 0 Å². The molecule has 0 fully saturated rings. The minimum Gasteiger partial charge on any atom is -0.495 e. The van der Waals surface area contributed by atoms with Crippen molar-refractivity contribution in [1.29, 1.82) is 0 Å². The Morgan fingerprint density at radius 1 is 1.38 bits per heavy atom. The van der Waals surface area contributed by atoms with Crippen molar-refractivity contribution in [3.63, 3.8) is 0 Å². The monoisotopic (exact) mass is 256 g/mol. The molecule has 13 heavy (non-hydrogen) atoms. The molecule has 0 spiro atoms. The molecule has 1 heterocycles. The Bertz CT molecular complexity index is 447. The van der Waals surface area contributed by atoms with Crippen LogP contribution < -0.4 is 4.74 Å². The second kappa shape index (κ2) is 3.31. The van der Waals surface area contributed by atoms with E-state index in [0.717, 1.165) is 5.75 Å². The smallest absolute Gasteiger partial charge is 0.137 e. The van der Waals surface area contributed by atoms with Gasteiger partial charge in [0.15, 0.2) is 0 Å². The summed E-state index contributed by atoms with van der Waals surface area (Å²) >= 11 is 5.29. The van der Waals surface area contributed by atoms with Crippen LogP contribution in [0.4, 0.5) is 0 Å². The van der Waals surface area contributed by atoms with Gasteiger partial charge < -0.3 is 4.74 Å². The molecule has 1 aromatic carbocycles. The molecule has 0 atom stereocenters. The van der Waals surface area contributed by atoms with E-state index in [0.29, 0.717) is 0 Å². The van der Waals surface area contributed by atoms with Crippen molar-refractivity contribution in [1.82, 2.24) is 0 Å². The third kappa shape index (κ3) is 1.36. The molecule has 0 aliphatic rings. The van der Waals surface area contributed by atoms with E-state index in [1.54, 1.807) is 18.4 Å². The Kier molecular flexibility index (Phi) is 2.30. The van der Waals surface area contributed by atoms with Gasteiger partial charge in [-0.2, -0.15) is 0 Å². The van der Waals surface area contributed by atoms with E-state index in [1.165, 1.54) is 20.1 Å². The summed E-state index contributed by atoms with van der Waals surface area (Å²) in [5.41, 5.74) is 1.26. The lowest BCUT2D eigenvalue weighted by Gasteiger charge is -2.00. The van der Waals surface area contributed by atoms with Crippen molar-refractivity contribution in [2.45, 2.75) is 6.92 Å². The number of methoxy groups -OCH3 is 1. The summed E-state index contributed by atoms with van der Waals surface area (Å²) in [6, 6.07) is 4.20. The van der Waals surface area contributed by atoms with E-state index in [2.05, 4.69) is 35.0 Å². The lowest BCUT2D eigenvalue weighted by atomic mass is 10.2. The van der Waals surface area contributed by atoms with E-state index in [1.807, 2.05) is 5.38 Å². The summed E-state index contributed by atoms with van der Waals surface area (Å²) in [5.74, 6) is 0.959. The van der Waals surface area contributed by atoms with Crippen LogP contribution in [0.3, 0.4) is 0 Å². The topological polar surface area (TPSA) is 9.23 Å². The standard InChI is InChI=1S/C10H9BrOS/c1-6-3-4-7-8(12-2)5-13-10(7)9(6)11/h3-5H,1-2H3. The highest BCUT2D eigenvalue weighted by Crippen LogP contribution is 2.38. The van der Waals surface area contributed by atoms with Crippen LogP contribution in [0.1, 0.15) is 5.56 Å². The number of benzene rings is 1. The van der Waals surface area contributed by atoms with Gasteiger partial charge in [-0.05, 0) is 34.5 Å². The first-order valence-corrected chi connectivity index (χ1v) is 5.61. The normalized spacial score (nSPS) is 10.7. The highest BCUT2D eigenvalue weighted by molar-refractivity contribution is 9.10. The molecule has 0 saturated heterocycles. The number of fused-ring (bicyclic) bond motifs is 1. The number of thiophene rings is 1. The van der Waals surface area contributed by atoms with Crippen LogP contribution in [0.25, 0.3) is 10.1 Å². The first-order valence-electron chi connectivity index (χ1n) is 3.94. The number of halogens is 1. The fourth-order valence-electron chi connectivity index (χ4n) is 1.30. The third-order valence-corrected chi connectivity index (χ3v) is 4.34. The van der Waals surface area contributed by atoms with E-state index in [-0.39, 0.29) is 0 Å². The Morgan fingerprint density at radius 3 is 2.85 bits per heavy atom. The fraction of sp³-hybridized carbons (Fsp3) is 0.200. The van der Waals surface area contributed by atoms with Gasteiger partial charge in [0, 0.05) is 15.2 Å². The van der Waals surface area contributed by atoms with E-state index in [4.69, 9.17) is 4.74 Å². The van der Waals surface area contributed by atoms with Crippen LogP contribution in [-0.4, -0.2) is 7.11 Å². The van der Waals surface area contributed by atoms with Crippen LogP contribution in [-0.2, 0) is 0 Å². The van der Waals surface area contributed by atoms with Crippen LogP contribution in [0.2, 0.25) is 0 Å². The van der Waals surface area contributed by atoms with Gasteiger partial charge in [0.05, 0.1) is 11.8 Å². The van der Waals surface area contributed by atoms with Crippen molar-refractivity contribution < 1.29 is 4.74 Å². The Hall–Kier alpha value is -0.540. The van der Waals surface area contributed by atoms with Crippen molar-refractivity contribution in [3.8, 4) is 5.75 Å².